The molecule has 0 aliphatic carbocycles. The summed E-state index contributed by atoms with van der Waals surface area (Å²) in [4.78, 5) is 5.28. The van der Waals surface area contributed by atoms with Crippen molar-refractivity contribution in [3.8, 4) is 0 Å². The van der Waals surface area contributed by atoms with E-state index in [2.05, 4.69) is 22.8 Å². The van der Waals surface area contributed by atoms with Gasteiger partial charge in [-0.2, -0.15) is 0 Å². The molecule has 4 nitrogen and oxygen atoms in total. The number of rotatable bonds is 3. The predicted molar refractivity (Wildman–Crippen MR) is 86.7 cm³/mol. The lowest BCUT2D eigenvalue weighted by molar-refractivity contribution is 0.215. The highest BCUT2D eigenvalue weighted by Crippen LogP contribution is 2.23. The molecule has 2 aliphatic rings. The minimum Gasteiger partial charge on any atom is -0.384 e. The van der Waals surface area contributed by atoms with E-state index in [0.29, 0.717) is 0 Å². The van der Waals surface area contributed by atoms with Gasteiger partial charge in [0.25, 0.3) is 0 Å². The molecule has 2 heterocycles. The van der Waals surface area contributed by atoms with Crippen LogP contribution < -0.4 is 5.73 Å². The number of fused-ring (bicyclic) bond motifs is 1. The summed E-state index contributed by atoms with van der Waals surface area (Å²) >= 11 is 0. The van der Waals surface area contributed by atoms with Gasteiger partial charge in [-0.15, -0.1) is 0 Å². The summed E-state index contributed by atoms with van der Waals surface area (Å²) in [6, 6.07) is 6.93. The molecule has 1 atom stereocenters. The Labute approximate surface area is 127 Å². The second-order valence-corrected chi connectivity index (χ2v) is 6.48. The molecule has 0 radical (unpaired) electrons. The van der Waals surface area contributed by atoms with E-state index in [4.69, 9.17) is 11.1 Å². The molecule has 0 amide bonds. The van der Waals surface area contributed by atoms with Gasteiger partial charge in [0.2, 0.25) is 0 Å². The van der Waals surface area contributed by atoms with E-state index in [9.17, 15) is 0 Å². The summed E-state index contributed by atoms with van der Waals surface area (Å²) in [5.41, 5.74) is 9.00. The monoisotopic (exact) mass is 286 g/mol. The molecule has 0 saturated carbocycles. The fourth-order valence-electron chi connectivity index (χ4n) is 3.71. The summed E-state index contributed by atoms with van der Waals surface area (Å²) in [6.45, 7) is 8.11. The lowest BCUT2D eigenvalue weighted by atomic mass is 10.0. The third kappa shape index (κ3) is 3.27. The molecule has 1 aromatic carbocycles. The van der Waals surface area contributed by atoms with Crippen molar-refractivity contribution in [2.45, 2.75) is 38.8 Å². The van der Waals surface area contributed by atoms with Crippen molar-refractivity contribution < 1.29 is 0 Å². The van der Waals surface area contributed by atoms with E-state index in [1.54, 1.807) is 0 Å². The zero-order valence-electron chi connectivity index (χ0n) is 12.9. The van der Waals surface area contributed by atoms with Crippen LogP contribution in [0.3, 0.4) is 0 Å². The highest BCUT2D eigenvalue weighted by molar-refractivity contribution is 5.95. The van der Waals surface area contributed by atoms with Gasteiger partial charge in [0.15, 0.2) is 0 Å². The van der Waals surface area contributed by atoms with E-state index in [1.165, 1.54) is 56.6 Å². The van der Waals surface area contributed by atoms with Crippen LogP contribution in [0.15, 0.2) is 18.2 Å². The zero-order chi connectivity index (χ0) is 14.8. The SMILES string of the molecule is Cc1cc(C(=N)N)ccc1CN1CCCN2CCCC2C1. The summed E-state index contributed by atoms with van der Waals surface area (Å²) in [5.74, 6) is 0.154. The number of nitrogens with zero attached hydrogens (tertiary/aromatic N) is 2. The summed E-state index contributed by atoms with van der Waals surface area (Å²) in [6.07, 6.45) is 4.00. The molecule has 3 N–H and O–H groups in total. The maximum absolute atomic E-state index is 7.53. The Morgan fingerprint density at radius 3 is 2.86 bits per heavy atom. The Balaban J connectivity index is 1.69. The van der Waals surface area contributed by atoms with Crippen molar-refractivity contribution in [1.29, 1.82) is 5.41 Å². The quantitative estimate of drug-likeness (QED) is 0.659. The number of nitrogens with one attached hydrogen (secondary N) is 1. The number of hydrogen-bond acceptors (Lipinski definition) is 3. The molecule has 114 valence electrons. The van der Waals surface area contributed by atoms with Gasteiger partial charge in [0, 0.05) is 24.7 Å². The number of aryl methyl sites for hydroxylation is 1. The molecule has 2 fully saturated rings. The molecule has 3 rings (SSSR count). The van der Waals surface area contributed by atoms with Crippen molar-refractivity contribution in [3.05, 3.63) is 34.9 Å². The predicted octanol–water partition coefficient (Wildman–Crippen LogP) is 1.95. The largest absolute Gasteiger partial charge is 0.384 e. The number of hydrogen-bond donors (Lipinski definition) is 2. The summed E-state index contributed by atoms with van der Waals surface area (Å²) in [7, 11) is 0. The smallest absolute Gasteiger partial charge is 0.122 e. The van der Waals surface area contributed by atoms with Gasteiger partial charge in [-0.1, -0.05) is 12.1 Å². The first-order valence-corrected chi connectivity index (χ1v) is 8.04. The fraction of sp³-hybridized carbons (Fsp3) is 0.588. The van der Waals surface area contributed by atoms with Crippen LogP contribution in [0.1, 0.15) is 36.0 Å². The van der Waals surface area contributed by atoms with Crippen LogP contribution in [0.5, 0.6) is 0 Å². The van der Waals surface area contributed by atoms with Gasteiger partial charge in [-0.05, 0) is 63.0 Å². The minimum atomic E-state index is 0.154. The molecule has 1 aromatic rings. The first kappa shape index (κ1) is 14.5. The lowest BCUT2D eigenvalue weighted by Gasteiger charge is -2.26. The van der Waals surface area contributed by atoms with Crippen LogP contribution in [-0.4, -0.2) is 47.9 Å². The number of benzene rings is 1. The van der Waals surface area contributed by atoms with Gasteiger partial charge < -0.3 is 5.73 Å². The molecular weight excluding hydrogens is 260 g/mol. The first-order chi connectivity index (χ1) is 10.1. The van der Waals surface area contributed by atoms with Crippen molar-refractivity contribution in [2.75, 3.05) is 26.2 Å². The normalized spacial score (nSPS) is 23.8. The lowest BCUT2D eigenvalue weighted by Crippen LogP contribution is -2.36. The van der Waals surface area contributed by atoms with E-state index in [1.807, 2.05) is 12.1 Å². The van der Waals surface area contributed by atoms with E-state index >= 15 is 0 Å². The summed E-state index contributed by atoms with van der Waals surface area (Å²) < 4.78 is 0. The second-order valence-electron chi connectivity index (χ2n) is 6.48. The topological polar surface area (TPSA) is 56.4 Å². The number of amidine groups is 1. The fourth-order valence-corrected chi connectivity index (χ4v) is 3.71. The van der Waals surface area contributed by atoms with E-state index < -0.39 is 0 Å². The maximum atomic E-state index is 7.53. The van der Waals surface area contributed by atoms with Gasteiger partial charge in [-0.25, -0.2) is 0 Å². The van der Waals surface area contributed by atoms with Crippen LogP contribution in [0.25, 0.3) is 0 Å². The van der Waals surface area contributed by atoms with E-state index in [0.717, 1.165) is 18.2 Å². The molecule has 0 aromatic heterocycles. The highest BCUT2D eigenvalue weighted by Gasteiger charge is 2.28. The van der Waals surface area contributed by atoms with Gasteiger partial charge in [0.05, 0.1) is 0 Å². The van der Waals surface area contributed by atoms with Crippen LogP contribution >= 0.6 is 0 Å². The molecule has 0 spiro atoms. The third-order valence-electron chi connectivity index (χ3n) is 4.94. The average Bonchev–Trinajstić information content (AvgIpc) is 2.79. The van der Waals surface area contributed by atoms with Gasteiger partial charge >= 0.3 is 0 Å². The molecule has 4 heteroatoms. The number of nitrogen functional groups attached to an aromatic ring is 1. The van der Waals surface area contributed by atoms with E-state index in [-0.39, 0.29) is 5.84 Å². The van der Waals surface area contributed by atoms with Crippen LogP contribution in [0.2, 0.25) is 0 Å². The molecule has 1 unspecified atom stereocenters. The Morgan fingerprint density at radius 1 is 1.29 bits per heavy atom. The zero-order valence-corrected chi connectivity index (χ0v) is 12.9. The van der Waals surface area contributed by atoms with Crippen molar-refractivity contribution in [3.63, 3.8) is 0 Å². The molecule has 2 aliphatic heterocycles. The van der Waals surface area contributed by atoms with Crippen LogP contribution in [0, 0.1) is 12.3 Å². The highest BCUT2D eigenvalue weighted by atomic mass is 15.3. The summed E-state index contributed by atoms with van der Waals surface area (Å²) in [5, 5.41) is 7.53. The first-order valence-electron chi connectivity index (χ1n) is 8.04. The third-order valence-corrected chi connectivity index (χ3v) is 4.94. The Hall–Kier alpha value is -1.39. The van der Waals surface area contributed by atoms with Crippen molar-refractivity contribution in [1.82, 2.24) is 9.80 Å². The molecule has 0 bridgehead atoms. The Morgan fingerprint density at radius 2 is 2.10 bits per heavy atom. The van der Waals surface area contributed by atoms with Gasteiger partial charge in [-0.3, -0.25) is 15.2 Å². The Bertz CT molecular complexity index is 526. The average molecular weight is 286 g/mol. The standard InChI is InChI=1S/C17H26N4/c1-13-10-14(17(18)19)5-6-15(13)11-20-7-3-9-21-8-2-4-16(21)12-20/h5-6,10,16H,2-4,7-9,11-12H2,1H3,(H3,18,19). The van der Waals surface area contributed by atoms with Crippen molar-refractivity contribution in [2.24, 2.45) is 5.73 Å². The second kappa shape index (κ2) is 6.16. The Kier molecular flexibility index (Phi) is 4.27. The van der Waals surface area contributed by atoms with Crippen LogP contribution in [0.4, 0.5) is 0 Å². The number of nitrogens with two attached hydrogens (primary N) is 1. The molecular formula is C17H26N4. The van der Waals surface area contributed by atoms with Gasteiger partial charge in [0.1, 0.15) is 5.84 Å². The van der Waals surface area contributed by atoms with Crippen molar-refractivity contribution >= 4 is 5.84 Å². The molecule has 21 heavy (non-hydrogen) atoms. The molecule has 2 saturated heterocycles. The van der Waals surface area contributed by atoms with Crippen LogP contribution in [-0.2, 0) is 6.54 Å². The minimum absolute atomic E-state index is 0.154. The maximum Gasteiger partial charge on any atom is 0.122 e.